The lowest BCUT2D eigenvalue weighted by atomic mass is 9.68. The quantitative estimate of drug-likeness (QED) is 0.485. The number of ether oxygens (including phenoxy) is 2. The predicted molar refractivity (Wildman–Crippen MR) is 116 cm³/mol. The van der Waals surface area contributed by atoms with E-state index in [1.165, 1.54) is 76.2 Å². The molecule has 2 saturated carbocycles. The Bertz CT molecular complexity index is 565. The van der Waals surface area contributed by atoms with E-state index in [1.54, 1.807) is 0 Å². The van der Waals surface area contributed by atoms with Crippen molar-refractivity contribution < 1.29 is 9.47 Å². The highest BCUT2D eigenvalue weighted by Crippen LogP contribution is 2.43. The van der Waals surface area contributed by atoms with E-state index in [1.807, 2.05) is 12.1 Å². The Morgan fingerprint density at radius 3 is 1.79 bits per heavy atom. The summed E-state index contributed by atoms with van der Waals surface area (Å²) in [6.45, 7) is 1.58. The number of hydrogen-bond acceptors (Lipinski definition) is 2. The van der Waals surface area contributed by atoms with Crippen LogP contribution >= 0.6 is 11.6 Å². The van der Waals surface area contributed by atoms with Gasteiger partial charge in [0.2, 0.25) is 0 Å². The molecule has 3 fully saturated rings. The molecule has 1 heterocycles. The third kappa shape index (κ3) is 5.97. The zero-order valence-electron chi connectivity index (χ0n) is 17.3. The molecule has 0 radical (unpaired) electrons. The maximum atomic E-state index is 6.00. The zero-order valence-corrected chi connectivity index (χ0v) is 18.0. The van der Waals surface area contributed by atoms with E-state index in [4.69, 9.17) is 21.1 Å². The Hall–Kier alpha value is -0.570. The molecule has 2 aliphatic carbocycles. The highest BCUT2D eigenvalue weighted by Gasteiger charge is 2.31. The van der Waals surface area contributed by atoms with Gasteiger partial charge in [0, 0.05) is 5.02 Å². The summed E-state index contributed by atoms with van der Waals surface area (Å²) in [6, 6.07) is 8.44. The molecule has 28 heavy (non-hydrogen) atoms. The number of rotatable bonds is 7. The molecule has 1 aliphatic heterocycles. The lowest BCUT2D eigenvalue weighted by Gasteiger charge is -2.38. The van der Waals surface area contributed by atoms with Crippen molar-refractivity contribution in [3.8, 4) is 0 Å². The van der Waals surface area contributed by atoms with Crippen molar-refractivity contribution in [1.29, 1.82) is 0 Å². The van der Waals surface area contributed by atoms with Gasteiger partial charge < -0.3 is 9.47 Å². The average molecular weight is 405 g/mol. The fourth-order valence-electron chi connectivity index (χ4n) is 5.86. The maximum Gasteiger partial charge on any atom is 0.157 e. The molecular formula is C25H37ClO2. The van der Waals surface area contributed by atoms with Crippen LogP contribution in [0.25, 0.3) is 0 Å². The largest absolute Gasteiger partial charge is 0.350 e. The monoisotopic (exact) mass is 404 g/mol. The Balaban J connectivity index is 1.11. The molecule has 0 atom stereocenters. The first kappa shape index (κ1) is 20.7. The molecule has 1 saturated heterocycles. The smallest absolute Gasteiger partial charge is 0.157 e. The van der Waals surface area contributed by atoms with E-state index < -0.39 is 0 Å². The first-order chi connectivity index (χ1) is 13.8. The molecular weight excluding hydrogens is 368 g/mol. The number of benzene rings is 1. The SMILES string of the molecule is Clc1ccc(CCC2CCC([C@H]3CC[C@H](CCC4OCCO4)CC3)CC2)cc1. The molecule has 0 aromatic heterocycles. The van der Waals surface area contributed by atoms with Crippen molar-refractivity contribution in [3.63, 3.8) is 0 Å². The van der Waals surface area contributed by atoms with Crippen LogP contribution in [0, 0.1) is 23.7 Å². The molecule has 0 amide bonds. The van der Waals surface area contributed by atoms with Crippen LogP contribution in [0.4, 0.5) is 0 Å². The van der Waals surface area contributed by atoms with Crippen LogP contribution in [0.2, 0.25) is 5.02 Å². The van der Waals surface area contributed by atoms with Crippen molar-refractivity contribution in [1.82, 2.24) is 0 Å². The molecule has 156 valence electrons. The first-order valence-corrected chi connectivity index (χ1v) is 12.1. The summed E-state index contributed by atoms with van der Waals surface area (Å²) in [5.74, 6) is 3.87. The van der Waals surface area contributed by atoms with Gasteiger partial charge in [0.05, 0.1) is 13.2 Å². The van der Waals surface area contributed by atoms with E-state index in [2.05, 4.69) is 12.1 Å². The molecule has 2 nitrogen and oxygen atoms in total. The molecule has 1 aromatic rings. The Morgan fingerprint density at radius 2 is 1.21 bits per heavy atom. The van der Waals surface area contributed by atoms with Gasteiger partial charge in [0.15, 0.2) is 6.29 Å². The van der Waals surface area contributed by atoms with Crippen molar-refractivity contribution in [2.24, 2.45) is 23.7 Å². The summed E-state index contributed by atoms with van der Waals surface area (Å²) in [7, 11) is 0. The second kappa shape index (κ2) is 10.5. The summed E-state index contributed by atoms with van der Waals surface area (Å²) in [4.78, 5) is 0. The van der Waals surface area contributed by atoms with Gasteiger partial charge in [-0.1, -0.05) is 49.4 Å². The zero-order chi connectivity index (χ0) is 19.2. The Labute approximate surface area is 176 Å². The summed E-state index contributed by atoms with van der Waals surface area (Å²) in [6.07, 6.45) is 16.7. The molecule has 0 spiro atoms. The predicted octanol–water partition coefficient (Wildman–Crippen LogP) is 7.04. The van der Waals surface area contributed by atoms with Gasteiger partial charge in [-0.15, -0.1) is 0 Å². The van der Waals surface area contributed by atoms with E-state index in [9.17, 15) is 0 Å². The Kier molecular flexibility index (Phi) is 7.73. The molecule has 3 heteroatoms. The lowest BCUT2D eigenvalue weighted by Crippen LogP contribution is -2.26. The fourth-order valence-corrected chi connectivity index (χ4v) is 5.99. The summed E-state index contributed by atoms with van der Waals surface area (Å²) in [5.41, 5.74) is 1.44. The molecule has 4 rings (SSSR count). The molecule has 1 aromatic carbocycles. The summed E-state index contributed by atoms with van der Waals surface area (Å²) in [5, 5.41) is 0.846. The minimum Gasteiger partial charge on any atom is -0.350 e. The molecule has 0 N–H and O–H groups in total. The van der Waals surface area contributed by atoms with Crippen molar-refractivity contribution in [2.75, 3.05) is 13.2 Å². The highest BCUT2D eigenvalue weighted by molar-refractivity contribution is 6.30. The van der Waals surface area contributed by atoms with Gasteiger partial charge >= 0.3 is 0 Å². The standard InChI is InChI=1S/C25H37ClO2/c26-24-14-7-20(8-15-24)2-1-19-3-10-22(11-4-19)23-12-5-21(6-13-23)9-16-25-27-17-18-28-25/h7-8,14-15,19,21-23,25H,1-6,9-13,16-18H2/t19?,21-,22?,23-. The maximum absolute atomic E-state index is 6.00. The topological polar surface area (TPSA) is 18.5 Å². The molecule has 0 unspecified atom stereocenters. The number of hydrogen-bond donors (Lipinski definition) is 0. The van der Waals surface area contributed by atoms with E-state index in [0.717, 1.165) is 48.3 Å². The van der Waals surface area contributed by atoms with E-state index in [0.29, 0.717) is 0 Å². The Morgan fingerprint density at radius 1 is 0.679 bits per heavy atom. The van der Waals surface area contributed by atoms with E-state index >= 15 is 0 Å². The normalized spacial score (nSPS) is 31.9. The van der Waals surface area contributed by atoms with Crippen LogP contribution in [0.15, 0.2) is 24.3 Å². The first-order valence-electron chi connectivity index (χ1n) is 11.7. The minimum absolute atomic E-state index is 0.0980. The van der Waals surface area contributed by atoms with Crippen molar-refractivity contribution >= 4 is 11.6 Å². The third-order valence-electron chi connectivity index (χ3n) is 7.71. The van der Waals surface area contributed by atoms with Crippen molar-refractivity contribution in [2.45, 2.75) is 83.3 Å². The summed E-state index contributed by atoms with van der Waals surface area (Å²) < 4.78 is 11.2. The average Bonchev–Trinajstić information content (AvgIpc) is 3.26. The molecule has 0 bridgehead atoms. The van der Waals surface area contributed by atoms with Gasteiger partial charge in [0.25, 0.3) is 0 Å². The van der Waals surface area contributed by atoms with Crippen LogP contribution in [0.1, 0.15) is 76.2 Å². The van der Waals surface area contributed by atoms with E-state index in [-0.39, 0.29) is 6.29 Å². The third-order valence-corrected chi connectivity index (χ3v) is 7.96. The van der Waals surface area contributed by atoms with Crippen LogP contribution in [0.3, 0.4) is 0 Å². The second-order valence-corrected chi connectivity index (χ2v) is 9.91. The fraction of sp³-hybridized carbons (Fsp3) is 0.760. The highest BCUT2D eigenvalue weighted by atomic mass is 35.5. The van der Waals surface area contributed by atoms with Gasteiger partial charge in [0.1, 0.15) is 0 Å². The van der Waals surface area contributed by atoms with Gasteiger partial charge in [-0.2, -0.15) is 0 Å². The van der Waals surface area contributed by atoms with Crippen molar-refractivity contribution in [3.05, 3.63) is 34.9 Å². The van der Waals surface area contributed by atoms with Crippen LogP contribution in [-0.4, -0.2) is 19.5 Å². The van der Waals surface area contributed by atoms with Crippen LogP contribution in [0.5, 0.6) is 0 Å². The summed E-state index contributed by atoms with van der Waals surface area (Å²) >= 11 is 6.00. The second-order valence-electron chi connectivity index (χ2n) is 9.48. The van der Waals surface area contributed by atoms with Gasteiger partial charge in [-0.05, 0) is 92.7 Å². The van der Waals surface area contributed by atoms with Gasteiger partial charge in [-0.3, -0.25) is 0 Å². The lowest BCUT2D eigenvalue weighted by molar-refractivity contribution is -0.0514. The van der Waals surface area contributed by atoms with Gasteiger partial charge in [-0.25, -0.2) is 0 Å². The number of aryl methyl sites for hydroxylation is 1. The minimum atomic E-state index is 0.0980. The molecule has 3 aliphatic rings. The van der Waals surface area contributed by atoms with Crippen LogP contribution in [-0.2, 0) is 15.9 Å². The van der Waals surface area contributed by atoms with Crippen LogP contribution < -0.4 is 0 Å². The number of halogens is 1.